The first-order valence-corrected chi connectivity index (χ1v) is 10.4. The molecule has 1 saturated carbocycles. The molecule has 0 N–H and O–H groups in total. The van der Waals surface area contributed by atoms with Gasteiger partial charge in [0.15, 0.2) is 0 Å². The first-order valence-electron chi connectivity index (χ1n) is 10.4. The topological polar surface area (TPSA) is 53.1 Å². The summed E-state index contributed by atoms with van der Waals surface area (Å²) in [7, 11) is 1.45. The fraction of sp³-hybridized carbons (Fsp3) is 0.900. The normalized spacial score (nSPS) is 36.5. The molecule has 26 heavy (non-hydrogen) atoms. The molecule has 146 valence electrons. The monoisotopic (exact) mass is 363 g/mol. The van der Waals surface area contributed by atoms with Crippen LogP contribution in [-0.4, -0.2) is 77.6 Å². The van der Waals surface area contributed by atoms with Gasteiger partial charge in [0.1, 0.15) is 0 Å². The van der Waals surface area contributed by atoms with Crippen molar-refractivity contribution in [3.8, 4) is 0 Å². The molecule has 4 rings (SSSR count). The summed E-state index contributed by atoms with van der Waals surface area (Å²) in [5.74, 6) is 1.03. The molecule has 4 fully saturated rings. The molecule has 1 unspecified atom stereocenters. The van der Waals surface area contributed by atoms with E-state index in [0.717, 1.165) is 51.9 Å². The molecule has 0 aromatic carbocycles. The lowest BCUT2D eigenvalue weighted by Crippen LogP contribution is -2.56. The van der Waals surface area contributed by atoms with Crippen molar-refractivity contribution >= 4 is 12.0 Å². The second kappa shape index (κ2) is 7.02. The van der Waals surface area contributed by atoms with Crippen LogP contribution in [0.2, 0.25) is 0 Å². The smallest absolute Gasteiger partial charge is 0.409 e. The Labute approximate surface area is 156 Å². The maximum atomic E-state index is 12.6. The van der Waals surface area contributed by atoms with Gasteiger partial charge >= 0.3 is 6.09 Å². The van der Waals surface area contributed by atoms with Gasteiger partial charge in [0.05, 0.1) is 7.11 Å². The molecule has 1 aliphatic carbocycles. The largest absolute Gasteiger partial charge is 0.453 e. The number of hydrogen-bond donors (Lipinski definition) is 0. The highest BCUT2D eigenvalue weighted by Gasteiger charge is 2.47. The predicted molar refractivity (Wildman–Crippen MR) is 98.8 cm³/mol. The van der Waals surface area contributed by atoms with E-state index in [1.54, 1.807) is 0 Å². The molecular formula is C20H33N3O3. The summed E-state index contributed by atoms with van der Waals surface area (Å²) in [6, 6.07) is 0.943. The SMILES string of the molecule is COC(=O)N1CCC(C)(N2CCC(N3C(=O)C[C@H]4CCCC[C@@H]43)CC2)C1. The van der Waals surface area contributed by atoms with E-state index in [0.29, 0.717) is 23.9 Å². The van der Waals surface area contributed by atoms with Gasteiger partial charge in [0.25, 0.3) is 0 Å². The minimum atomic E-state index is -0.213. The number of amides is 2. The maximum Gasteiger partial charge on any atom is 0.409 e. The van der Waals surface area contributed by atoms with Crippen molar-refractivity contribution < 1.29 is 14.3 Å². The summed E-state index contributed by atoms with van der Waals surface area (Å²) < 4.78 is 4.89. The lowest BCUT2D eigenvalue weighted by molar-refractivity contribution is -0.132. The summed E-state index contributed by atoms with van der Waals surface area (Å²) in [6.45, 7) is 5.85. The van der Waals surface area contributed by atoms with Crippen LogP contribution in [0.5, 0.6) is 0 Å². The Hall–Kier alpha value is -1.30. The zero-order valence-electron chi connectivity index (χ0n) is 16.3. The second-order valence-corrected chi connectivity index (χ2v) is 8.97. The van der Waals surface area contributed by atoms with Gasteiger partial charge in [-0.05, 0) is 44.9 Å². The van der Waals surface area contributed by atoms with Crippen LogP contribution < -0.4 is 0 Å². The standard InChI is InChI=1S/C20H33N3O3/c1-20(9-12-21(14-20)19(25)26-2)22-10-7-16(8-11-22)23-17-6-4-3-5-15(17)13-18(23)24/h15-17H,3-14H2,1-2H3/t15-,17+,20?/m1/s1. The summed E-state index contributed by atoms with van der Waals surface area (Å²) in [5.41, 5.74) is 0.0432. The first kappa shape index (κ1) is 18.1. The van der Waals surface area contributed by atoms with E-state index in [-0.39, 0.29) is 11.6 Å². The van der Waals surface area contributed by atoms with Crippen molar-refractivity contribution in [3.05, 3.63) is 0 Å². The summed E-state index contributed by atoms with van der Waals surface area (Å²) in [5, 5.41) is 0. The Morgan fingerprint density at radius 2 is 1.85 bits per heavy atom. The third kappa shape index (κ3) is 3.10. The molecule has 0 aromatic heterocycles. The fourth-order valence-electron chi connectivity index (χ4n) is 5.95. The van der Waals surface area contributed by atoms with Crippen LogP contribution in [0.25, 0.3) is 0 Å². The number of nitrogens with zero attached hydrogens (tertiary/aromatic N) is 3. The number of piperidine rings is 1. The molecular weight excluding hydrogens is 330 g/mol. The molecule has 3 atom stereocenters. The quantitative estimate of drug-likeness (QED) is 0.756. The lowest BCUT2D eigenvalue weighted by atomic mass is 9.84. The number of rotatable bonds is 2. The number of fused-ring (bicyclic) bond motifs is 1. The molecule has 6 heteroatoms. The van der Waals surface area contributed by atoms with Crippen LogP contribution in [0, 0.1) is 5.92 Å². The molecule has 0 bridgehead atoms. The van der Waals surface area contributed by atoms with Crippen molar-refractivity contribution in [1.82, 2.24) is 14.7 Å². The van der Waals surface area contributed by atoms with E-state index < -0.39 is 0 Å². The van der Waals surface area contributed by atoms with Crippen molar-refractivity contribution in [2.24, 2.45) is 5.92 Å². The van der Waals surface area contributed by atoms with E-state index in [2.05, 4.69) is 16.7 Å². The van der Waals surface area contributed by atoms with Crippen LogP contribution in [0.4, 0.5) is 4.79 Å². The Bertz CT molecular complexity index is 561. The van der Waals surface area contributed by atoms with Gasteiger partial charge in [-0.2, -0.15) is 0 Å². The van der Waals surface area contributed by atoms with Crippen molar-refractivity contribution in [3.63, 3.8) is 0 Å². The van der Waals surface area contributed by atoms with Gasteiger partial charge in [-0.15, -0.1) is 0 Å². The molecule has 6 nitrogen and oxygen atoms in total. The van der Waals surface area contributed by atoms with Crippen molar-refractivity contribution in [2.45, 2.75) is 75.9 Å². The minimum Gasteiger partial charge on any atom is -0.453 e. The third-order valence-electron chi connectivity index (χ3n) is 7.46. The minimum absolute atomic E-state index is 0.0432. The van der Waals surface area contributed by atoms with Gasteiger partial charge in [0, 0.05) is 50.2 Å². The van der Waals surface area contributed by atoms with Crippen LogP contribution in [0.3, 0.4) is 0 Å². The zero-order chi connectivity index (χ0) is 18.3. The molecule has 3 saturated heterocycles. The third-order valence-corrected chi connectivity index (χ3v) is 7.46. The molecule has 4 aliphatic rings. The molecule has 3 heterocycles. The van der Waals surface area contributed by atoms with Crippen molar-refractivity contribution in [2.75, 3.05) is 33.3 Å². The predicted octanol–water partition coefficient (Wildman–Crippen LogP) is 2.47. The van der Waals surface area contributed by atoms with Gasteiger partial charge in [-0.1, -0.05) is 12.8 Å². The number of methoxy groups -OCH3 is 1. The Kier molecular flexibility index (Phi) is 4.88. The summed E-state index contributed by atoms with van der Waals surface area (Å²) >= 11 is 0. The molecule has 0 spiro atoms. The van der Waals surface area contributed by atoms with Crippen molar-refractivity contribution in [1.29, 1.82) is 0 Å². The highest BCUT2D eigenvalue weighted by molar-refractivity contribution is 5.79. The lowest BCUT2D eigenvalue weighted by Gasteiger charge is -2.46. The van der Waals surface area contributed by atoms with Gasteiger partial charge in [-0.3, -0.25) is 9.69 Å². The summed E-state index contributed by atoms with van der Waals surface area (Å²) in [4.78, 5) is 31.1. The van der Waals surface area contributed by atoms with Crippen LogP contribution >= 0.6 is 0 Å². The Balaban J connectivity index is 1.36. The maximum absolute atomic E-state index is 12.6. The van der Waals surface area contributed by atoms with Crippen LogP contribution in [-0.2, 0) is 9.53 Å². The van der Waals surface area contributed by atoms with Crippen LogP contribution in [0.15, 0.2) is 0 Å². The highest BCUT2D eigenvalue weighted by Crippen LogP contribution is 2.40. The molecule has 2 amide bonds. The zero-order valence-corrected chi connectivity index (χ0v) is 16.3. The number of carbonyl (C=O) groups is 2. The number of hydrogen-bond acceptors (Lipinski definition) is 4. The van der Waals surface area contributed by atoms with E-state index in [1.165, 1.54) is 32.8 Å². The van der Waals surface area contributed by atoms with Gasteiger partial charge in [0.2, 0.25) is 5.91 Å². The second-order valence-electron chi connectivity index (χ2n) is 8.97. The van der Waals surface area contributed by atoms with E-state index in [4.69, 9.17) is 4.74 Å². The molecule has 3 aliphatic heterocycles. The van der Waals surface area contributed by atoms with Crippen LogP contribution in [0.1, 0.15) is 58.3 Å². The van der Waals surface area contributed by atoms with E-state index in [1.807, 2.05) is 4.90 Å². The molecule has 0 aromatic rings. The number of ether oxygens (including phenoxy) is 1. The Morgan fingerprint density at radius 1 is 1.12 bits per heavy atom. The van der Waals surface area contributed by atoms with E-state index in [9.17, 15) is 9.59 Å². The average Bonchev–Trinajstić information content (AvgIpc) is 3.21. The summed E-state index contributed by atoms with van der Waals surface area (Å²) in [6.07, 6.45) is 8.76. The van der Waals surface area contributed by atoms with Gasteiger partial charge < -0.3 is 14.5 Å². The highest BCUT2D eigenvalue weighted by atomic mass is 16.5. The van der Waals surface area contributed by atoms with Gasteiger partial charge in [-0.25, -0.2) is 4.79 Å². The average molecular weight is 364 g/mol. The first-order chi connectivity index (χ1) is 12.5. The number of likely N-dealkylation sites (tertiary alicyclic amines) is 3. The molecule has 0 radical (unpaired) electrons. The van der Waals surface area contributed by atoms with E-state index >= 15 is 0 Å². The Morgan fingerprint density at radius 3 is 2.58 bits per heavy atom. The fourth-order valence-corrected chi connectivity index (χ4v) is 5.95. The number of carbonyl (C=O) groups excluding carboxylic acids is 2.